The summed E-state index contributed by atoms with van der Waals surface area (Å²) in [4.78, 5) is 0.241. The first kappa shape index (κ1) is 21.1. The van der Waals surface area contributed by atoms with Gasteiger partial charge in [0.25, 0.3) is 0 Å². The molecule has 0 bridgehead atoms. The Balaban J connectivity index is -0.000000342. The van der Waals surface area contributed by atoms with Crippen molar-refractivity contribution in [2.75, 3.05) is 18.1 Å². The van der Waals surface area contributed by atoms with Crippen LogP contribution in [0.3, 0.4) is 0 Å². The Morgan fingerprint density at radius 2 is 1.86 bits per heavy atom. The third-order valence-corrected chi connectivity index (χ3v) is 3.68. The van der Waals surface area contributed by atoms with Gasteiger partial charge in [-0.3, -0.25) is 0 Å². The Kier molecular flexibility index (Phi) is 10.3. The molecule has 2 nitrogen and oxygen atoms in total. The van der Waals surface area contributed by atoms with Crippen molar-refractivity contribution in [1.82, 2.24) is 0 Å². The van der Waals surface area contributed by atoms with Crippen LogP contribution in [0.25, 0.3) is 0 Å². The average Bonchev–Trinajstić information content (AvgIpc) is 2.46. The second-order valence-electron chi connectivity index (χ2n) is 4.95. The number of rotatable bonds is 6. The van der Waals surface area contributed by atoms with E-state index in [4.69, 9.17) is 5.73 Å². The summed E-state index contributed by atoms with van der Waals surface area (Å²) in [6.45, 7) is 6.74. The first-order valence-corrected chi connectivity index (χ1v) is 8.78. The molecule has 1 unspecified atom stereocenters. The molecule has 1 aromatic carbocycles. The molecule has 0 saturated carbocycles. The molecule has 0 aromatic heterocycles. The molecule has 0 radical (unpaired) electrons. The van der Waals surface area contributed by atoms with Gasteiger partial charge in [0, 0.05) is 20.9 Å². The largest absolute Gasteiger partial charge is 0.417 e. The Morgan fingerprint density at radius 3 is 2.27 bits per heavy atom. The molecule has 1 rings (SSSR count). The quantitative estimate of drug-likeness (QED) is 0.612. The number of benzene rings is 1. The molecule has 0 heterocycles. The summed E-state index contributed by atoms with van der Waals surface area (Å²) in [6, 6.07) is 4.46. The van der Waals surface area contributed by atoms with E-state index in [0.29, 0.717) is 12.2 Å². The molecule has 0 saturated heterocycles. The zero-order chi connectivity index (χ0) is 17.2. The van der Waals surface area contributed by atoms with Crippen LogP contribution >= 0.6 is 11.8 Å². The molecule has 0 aliphatic heterocycles. The lowest BCUT2D eigenvalue weighted by molar-refractivity contribution is -0.139. The number of anilines is 1. The first-order chi connectivity index (χ1) is 10.3. The van der Waals surface area contributed by atoms with Crippen molar-refractivity contribution in [2.24, 2.45) is 5.73 Å². The molecular formula is C16H33F3N2S. The third kappa shape index (κ3) is 7.40. The molecule has 134 valence electrons. The highest BCUT2D eigenvalue weighted by Gasteiger charge is 2.33. The van der Waals surface area contributed by atoms with E-state index in [1.165, 1.54) is 18.6 Å². The summed E-state index contributed by atoms with van der Waals surface area (Å²) < 4.78 is 38.8. The number of nitrogens with one attached hydrogen (secondary N) is 1. The summed E-state index contributed by atoms with van der Waals surface area (Å²) in [6.07, 6.45) is 0.123. The number of hydrogen-bond acceptors (Lipinski definition) is 3. The van der Waals surface area contributed by atoms with E-state index in [2.05, 4.69) is 19.2 Å². The Hall–Kier alpha value is -0.880. The Bertz CT molecular complexity index is 436. The van der Waals surface area contributed by atoms with Gasteiger partial charge in [0.05, 0.1) is 5.56 Å². The van der Waals surface area contributed by atoms with Crippen LogP contribution in [0.4, 0.5) is 18.9 Å². The van der Waals surface area contributed by atoms with Crippen LogP contribution in [0, 0.1) is 0 Å². The molecule has 3 N–H and O–H groups in total. The van der Waals surface area contributed by atoms with E-state index in [0.717, 1.165) is 24.6 Å². The fourth-order valence-corrected chi connectivity index (χ4v) is 2.43. The van der Waals surface area contributed by atoms with E-state index in [9.17, 15) is 13.2 Å². The van der Waals surface area contributed by atoms with Crippen LogP contribution in [0.15, 0.2) is 23.1 Å². The fraction of sp³-hybridized carbons (Fsp3) is 0.625. The van der Waals surface area contributed by atoms with Crippen molar-refractivity contribution < 1.29 is 17.5 Å². The fourth-order valence-electron chi connectivity index (χ4n) is 1.83. The van der Waals surface area contributed by atoms with E-state index < -0.39 is 11.7 Å². The topological polar surface area (TPSA) is 38.0 Å². The van der Waals surface area contributed by atoms with Crippen molar-refractivity contribution in [3.8, 4) is 0 Å². The number of hydrogen-bond donors (Lipinski definition) is 2. The molecule has 0 amide bonds. The Labute approximate surface area is 140 Å². The van der Waals surface area contributed by atoms with E-state index in [1.807, 2.05) is 6.92 Å². The second-order valence-corrected chi connectivity index (χ2v) is 5.79. The van der Waals surface area contributed by atoms with Crippen LogP contribution in [-0.2, 0) is 6.18 Å². The first-order valence-electron chi connectivity index (χ1n) is 7.55. The smallest absolute Gasteiger partial charge is 0.382 e. The molecule has 1 aromatic rings. The van der Waals surface area contributed by atoms with Crippen molar-refractivity contribution >= 4 is 17.4 Å². The van der Waals surface area contributed by atoms with Crippen LogP contribution in [-0.4, -0.2) is 18.8 Å². The van der Waals surface area contributed by atoms with Crippen LogP contribution in [0.1, 0.15) is 49.9 Å². The molecular weight excluding hydrogens is 309 g/mol. The number of halogens is 3. The normalized spacial score (nSPS) is 12.4. The molecule has 1 atom stereocenters. The molecule has 0 aliphatic rings. The van der Waals surface area contributed by atoms with Gasteiger partial charge in [0.1, 0.15) is 0 Å². The van der Waals surface area contributed by atoms with E-state index in [1.54, 1.807) is 12.3 Å². The lowest BCUT2D eigenvalue weighted by Crippen LogP contribution is -2.22. The van der Waals surface area contributed by atoms with Gasteiger partial charge >= 0.3 is 6.18 Å². The predicted octanol–water partition coefficient (Wildman–Crippen LogP) is 6.12. The zero-order valence-electron chi connectivity index (χ0n) is 13.8. The van der Waals surface area contributed by atoms with E-state index >= 15 is 0 Å². The van der Waals surface area contributed by atoms with Gasteiger partial charge in [0.2, 0.25) is 0 Å². The number of nitrogens with two attached hydrogens (primary N) is 1. The molecule has 22 heavy (non-hydrogen) atoms. The van der Waals surface area contributed by atoms with Gasteiger partial charge < -0.3 is 11.1 Å². The van der Waals surface area contributed by atoms with Crippen molar-refractivity contribution in [3.63, 3.8) is 0 Å². The van der Waals surface area contributed by atoms with Crippen LogP contribution in [0.5, 0.6) is 0 Å². The highest BCUT2D eigenvalue weighted by Crippen LogP contribution is 2.37. The summed E-state index contributed by atoms with van der Waals surface area (Å²) in [5.74, 6) is 0. The monoisotopic (exact) mass is 342 g/mol. The SMILES string of the molecule is CCC.CCC(CCN)Nc1ccc(SC)c(C(F)(F)F)c1.[HH].[HH].[HH]. The van der Waals surface area contributed by atoms with Gasteiger partial charge in [-0.15, -0.1) is 11.8 Å². The minimum absolute atomic E-state index is 0. The van der Waals surface area contributed by atoms with Crippen molar-refractivity contribution in [1.29, 1.82) is 0 Å². The maximum absolute atomic E-state index is 12.9. The van der Waals surface area contributed by atoms with Crippen LogP contribution < -0.4 is 11.1 Å². The summed E-state index contributed by atoms with van der Waals surface area (Å²) >= 11 is 1.10. The summed E-state index contributed by atoms with van der Waals surface area (Å²) in [5.41, 5.74) is 5.38. The minimum atomic E-state index is -4.33. The maximum Gasteiger partial charge on any atom is 0.417 e. The van der Waals surface area contributed by atoms with Crippen molar-refractivity contribution in [3.05, 3.63) is 23.8 Å². The average molecular weight is 343 g/mol. The molecule has 0 fully saturated rings. The second kappa shape index (κ2) is 10.8. The predicted molar refractivity (Wildman–Crippen MR) is 96.9 cm³/mol. The highest BCUT2D eigenvalue weighted by atomic mass is 32.2. The highest BCUT2D eigenvalue weighted by molar-refractivity contribution is 7.98. The van der Waals surface area contributed by atoms with Crippen molar-refractivity contribution in [2.45, 2.75) is 57.1 Å². The van der Waals surface area contributed by atoms with Gasteiger partial charge in [0.15, 0.2) is 0 Å². The van der Waals surface area contributed by atoms with Gasteiger partial charge in [-0.2, -0.15) is 13.2 Å². The van der Waals surface area contributed by atoms with Gasteiger partial charge in [-0.05, 0) is 43.8 Å². The third-order valence-electron chi connectivity index (χ3n) is 2.88. The number of alkyl halides is 3. The van der Waals surface area contributed by atoms with Crippen LogP contribution in [0.2, 0.25) is 0 Å². The molecule has 0 spiro atoms. The lowest BCUT2D eigenvalue weighted by atomic mass is 10.1. The summed E-state index contributed by atoms with van der Waals surface area (Å²) in [5, 5.41) is 3.10. The summed E-state index contributed by atoms with van der Waals surface area (Å²) in [7, 11) is 0. The van der Waals surface area contributed by atoms with Gasteiger partial charge in [-0.25, -0.2) is 0 Å². The minimum Gasteiger partial charge on any atom is -0.382 e. The number of thioether (sulfide) groups is 1. The lowest BCUT2D eigenvalue weighted by Gasteiger charge is -2.19. The van der Waals surface area contributed by atoms with Gasteiger partial charge in [-0.1, -0.05) is 27.2 Å². The Morgan fingerprint density at radius 1 is 1.27 bits per heavy atom. The van der Waals surface area contributed by atoms with E-state index in [-0.39, 0.29) is 15.2 Å². The maximum atomic E-state index is 12.9. The standard InChI is InChI=1S/C13H19F3N2S.C3H8.3H2/c1-3-9(6-7-17)18-10-4-5-12(19-2)11(8-10)13(14,15)16;1-3-2;;;/h4-5,8-9,18H,3,6-7,17H2,1-2H3;3H2,1-2H3;3*1H. The zero-order valence-corrected chi connectivity index (χ0v) is 14.6. The molecule has 6 heteroatoms. The molecule has 0 aliphatic carbocycles.